The third kappa shape index (κ3) is 8.86. The first-order chi connectivity index (χ1) is 29.5. The number of aryl methyl sites for hydroxylation is 1. The van der Waals surface area contributed by atoms with Gasteiger partial charge in [0.1, 0.15) is 23.0 Å². The number of amides is 6. The minimum absolute atomic E-state index is 0.0394. The van der Waals surface area contributed by atoms with Crippen LogP contribution < -0.4 is 31.6 Å². The zero-order valence-electron chi connectivity index (χ0n) is 35.1. The lowest BCUT2D eigenvalue weighted by Gasteiger charge is -2.27. The van der Waals surface area contributed by atoms with E-state index in [1.165, 1.54) is 10.6 Å². The van der Waals surface area contributed by atoms with Crippen LogP contribution in [0, 0.1) is 0 Å². The summed E-state index contributed by atoms with van der Waals surface area (Å²) in [6.07, 6.45) is 2.92. The monoisotopic (exact) mass is 843 g/mol. The van der Waals surface area contributed by atoms with E-state index in [4.69, 9.17) is 4.74 Å². The molecule has 7 rings (SSSR count). The number of aromatic nitrogens is 2. The number of rotatable bonds is 15. The molecule has 322 valence electrons. The van der Waals surface area contributed by atoms with E-state index in [0.717, 1.165) is 10.5 Å². The Hall–Kier alpha value is -7.07. The number of fused-ring (bicyclic) bond motifs is 2. The van der Waals surface area contributed by atoms with Crippen molar-refractivity contribution in [3.8, 4) is 16.9 Å². The van der Waals surface area contributed by atoms with E-state index in [-0.39, 0.29) is 59.3 Å². The maximum atomic E-state index is 13.4. The van der Waals surface area contributed by atoms with Gasteiger partial charge in [0, 0.05) is 67.1 Å². The predicted octanol–water partition coefficient (Wildman–Crippen LogP) is 4.50. The number of carbonyl (C=O) groups is 6. The number of aromatic amines is 1. The molecule has 2 aliphatic heterocycles. The highest BCUT2D eigenvalue weighted by molar-refractivity contribution is 6.25. The highest BCUT2D eigenvalue weighted by Crippen LogP contribution is 2.38. The van der Waals surface area contributed by atoms with Crippen LogP contribution in [-0.2, 0) is 28.8 Å². The van der Waals surface area contributed by atoms with Gasteiger partial charge in [-0.05, 0) is 101 Å². The molecule has 16 heteroatoms. The van der Waals surface area contributed by atoms with Crippen LogP contribution >= 0.6 is 0 Å². The molecule has 16 nitrogen and oxygen atoms in total. The molecular formula is C46H49N7O9. The molecule has 2 aliphatic rings. The quantitative estimate of drug-likeness (QED) is 0.0640. The Balaban J connectivity index is 0.915. The summed E-state index contributed by atoms with van der Waals surface area (Å²) in [6, 6.07) is 17.7. The molecule has 3 aromatic carbocycles. The van der Waals surface area contributed by atoms with Crippen LogP contribution in [0.3, 0.4) is 0 Å². The fourth-order valence-electron chi connectivity index (χ4n) is 7.64. The van der Waals surface area contributed by atoms with Gasteiger partial charge in [-0.1, -0.05) is 24.3 Å². The number of ether oxygens (including phenoxy) is 1. The van der Waals surface area contributed by atoms with Crippen LogP contribution in [0.1, 0.15) is 106 Å². The summed E-state index contributed by atoms with van der Waals surface area (Å²) in [5, 5.41) is 22.5. The van der Waals surface area contributed by atoms with Crippen molar-refractivity contribution in [2.24, 2.45) is 7.05 Å². The van der Waals surface area contributed by atoms with E-state index in [1.807, 2.05) is 19.9 Å². The fourth-order valence-corrected chi connectivity index (χ4v) is 7.64. The molecule has 1 atom stereocenters. The molecule has 0 saturated carbocycles. The minimum atomic E-state index is -1.13. The lowest BCUT2D eigenvalue weighted by Crippen LogP contribution is -2.54. The van der Waals surface area contributed by atoms with Gasteiger partial charge in [0.15, 0.2) is 0 Å². The molecule has 0 bridgehead atoms. The Morgan fingerprint density at radius 2 is 1.63 bits per heavy atom. The summed E-state index contributed by atoms with van der Waals surface area (Å²) in [7, 11) is 1.63. The van der Waals surface area contributed by atoms with Crippen LogP contribution in [0.5, 0.6) is 5.75 Å². The van der Waals surface area contributed by atoms with Gasteiger partial charge in [0.2, 0.25) is 11.8 Å². The SMILES string of the molecule is CC(C)Oc1ccc(C(C)(C)O)cc1-c1cn(C)c(=O)c2[nH]c(C(=O)NCc3ccc(C(=O)NCCCCNc4cccc5c4C(=O)N(C4CCC(=O)NC4=O)C5=O)cc3)cc12. The molecule has 1 saturated heterocycles. The number of piperidine rings is 1. The summed E-state index contributed by atoms with van der Waals surface area (Å²) < 4.78 is 7.56. The number of pyridine rings is 1. The number of imide groups is 2. The molecular weight excluding hydrogens is 795 g/mol. The fraction of sp³-hybridized carbons (Fsp3) is 0.326. The largest absolute Gasteiger partial charge is 0.490 e. The van der Waals surface area contributed by atoms with Gasteiger partial charge in [-0.15, -0.1) is 0 Å². The Morgan fingerprint density at radius 1 is 0.887 bits per heavy atom. The standard InChI is InChI=1S/C46H49N7O9/c1-25(2)62-36-17-15-28(46(3,4)61)21-30(36)32-24-52(5)45(60)39-31(32)22-34(50-39)41(56)49-23-26-11-13-27(14-12-26)40(55)48-20-7-6-19-47-33-10-8-9-29-38(33)44(59)53(43(29)58)35-16-18-37(54)51-42(35)57/h8-15,17,21-22,24-25,35,47,50,61H,6-7,16,18-20,23H2,1-5H3,(H,48,55)(H,49,56)(H,51,54,57). The molecule has 6 amide bonds. The average Bonchev–Trinajstić information content (AvgIpc) is 3.79. The lowest BCUT2D eigenvalue weighted by atomic mass is 9.93. The number of nitrogens with one attached hydrogen (secondary N) is 5. The second kappa shape index (κ2) is 17.5. The van der Waals surface area contributed by atoms with Gasteiger partial charge in [0.25, 0.3) is 29.2 Å². The molecule has 1 unspecified atom stereocenters. The van der Waals surface area contributed by atoms with Crippen LogP contribution in [0.2, 0.25) is 0 Å². The van der Waals surface area contributed by atoms with Crippen molar-refractivity contribution in [1.29, 1.82) is 0 Å². The normalized spacial score (nSPS) is 15.2. The molecule has 2 aromatic heterocycles. The van der Waals surface area contributed by atoms with Crippen molar-refractivity contribution >= 4 is 52.0 Å². The Morgan fingerprint density at radius 3 is 2.34 bits per heavy atom. The molecule has 0 spiro atoms. The van der Waals surface area contributed by atoms with Gasteiger partial charge in [-0.2, -0.15) is 0 Å². The second-order valence-electron chi connectivity index (χ2n) is 16.3. The number of hydrogen-bond donors (Lipinski definition) is 6. The topological polar surface area (TPSA) is 221 Å². The molecule has 0 radical (unpaired) electrons. The number of benzene rings is 3. The summed E-state index contributed by atoms with van der Waals surface area (Å²) in [5.41, 5.74) is 3.00. The van der Waals surface area contributed by atoms with Gasteiger partial charge >= 0.3 is 0 Å². The summed E-state index contributed by atoms with van der Waals surface area (Å²) in [6.45, 7) is 8.20. The summed E-state index contributed by atoms with van der Waals surface area (Å²) in [4.78, 5) is 93.9. The predicted molar refractivity (Wildman–Crippen MR) is 231 cm³/mol. The number of nitrogens with zero attached hydrogens (tertiary/aromatic N) is 2. The van der Waals surface area contributed by atoms with Crippen molar-refractivity contribution in [3.05, 3.63) is 117 Å². The van der Waals surface area contributed by atoms with E-state index in [2.05, 4.69) is 26.3 Å². The molecule has 5 aromatic rings. The van der Waals surface area contributed by atoms with E-state index in [1.54, 1.807) is 81.7 Å². The first-order valence-electron chi connectivity index (χ1n) is 20.5. The highest BCUT2D eigenvalue weighted by atomic mass is 16.5. The van der Waals surface area contributed by atoms with Gasteiger partial charge < -0.3 is 35.3 Å². The number of aliphatic hydroxyl groups is 1. The smallest absolute Gasteiger partial charge is 0.274 e. The molecule has 6 N–H and O–H groups in total. The number of H-pyrrole nitrogens is 1. The van der Waals surface area contributed by atoms with Crippen molar-refractivity contribution in [3.63, 3.8) is 0 Å². The maximum absolute atomic E-state index is 13.4. The van der Waals surface area contributed by atoms with Gasteiger partial charge in [-0.3, -0.25) is 43.8 Å². The van der Waals surface area contributed by atoms with E-state index >= 15 is 0 Å². The number of hydrogen-bond acceptors (Lipinski definition) is 10. The summed E-state index contributed by atoms with van der Waals surface area (Å²) in [5.74, 6) is -2.39. The lowest BCUT2D eigenvalue weighted by molar-refractivity contribution is -0.136. The van der Waals surface area contributed by atoms with E-state index < -0.39 is 41.2 Å². The van der Waals surface area contributed by atoms with Gasteiger partial charge in [-0.25, -0.2) is 0 Å². The first kappa shape index (κ1) is 43.0. The molecule has 1 fully saturated rings. The molecule has 4 heterocycles. The Kier molecular flexibility index (Phi) is 12.1. The second-order valence-corrected chi connectivity index (χ2v) is 16.3. The third-order valence-corrected chi connectivity index (χ3v) is 10.9. The van der Waals surface area contributed by atoms with Crippen molar-refractivity contribution in [2.45, 2.75) is 77.7 Å². The first-order valence-corrected chi connectivity index (χ1v) is 20.5. The van der Waals surface area contributed by atoms with Crippen molar-refractivity contribution < 1.29 is 38.6 Å². The third-order valence-electron chi connectivity index (χ3n) is 10.9. The number of anilines is 1. The van der Waals surface area contributed by atoms with E-state index in [0.29, 0.717) is 65.0 Å². The highest BCUT2D eigenvalue weighted by Gasteiger charge is 2.45. The number of unbranched alkanes of at least 4 members (excludes halogenated alkanes) is 1. The number of carbonyl (C=O) groups excluding carboxylic acids is 6. The Bertz CT molecular complexity index is 2670. The average molecular weight is 844 g/mol. The van der Waals surface area contributed by atoms with Gasteiger partial charge in [0.05, 0.1) is 22.8 Å². The molecule has 62 heavy (non-hydrogen) atoms. The Labute approximate surface area is 357 Å². The van der Waals surface area contributed by atoms with Crippen LogP contribution in [0.25, 0.3) is 22.0 Å². The zero-order valence-corrected chi connectivity index (χ0v) is 35.1. The van der Waals surface area contributed by atoms with Crippen LogP contribution in [0.4, 0.5) is 5.69 Å². The van der Waals surface area contributed by atoms with E-state index in [9.17, 15) is 38.7 Å². The molecule has 0 aliphatic carbocycles. The summed E-state index contributed by atoms with van der Waals surface area (Å²) >= 11 is 0. The maximum Gasteiger partial charge on any atom is 0.274 e. The van der Waals surface area contributed by atoms with Crippen molar-refractivity contribution in [1.82, 2.24) is 30.4 Å². The minimum Gasteiger partial charge on any atom is -0.490 e. The zero-order chi connectivity index (χ0) is 44.5. The van der Waals surface area contributed by atoms with Crippen LogP contribution in [-0.4, -0.2) is 80.2 Å². The van der Waals surface area contributed by atoms with Crippen molar-refractivity contribution in [2.75, 3.05) is 18.4 Å². The van der Waals surface area contributed by atoms with Crippen LogP contribution in [0.15, 0.2) is 77.7 Å².